The van der Waals surface area contributed by atoms with Crippen LogP contribution in [0.4, 0.5) is 0 Å². The predicted octanol–water partition coefficient (Wildman–Crippen LogP) is 5.17. The van der Waals surface area contributed by atoms with Gasteiger partial charge in [0.1, 0.15) is 12.3 Å². The van der Waals surface area contributed by atoms with Crippen molar-refractivity contribution in [1.29, 1.82) is 0 Å². The van der Waals surface area contributed by atoms with E-state index in [1.165, 1.54) is 0 Å². The second-order valence-corrected chi connectivity index (χ2v) is 7.24. The minimum Gasteiger partial charge on any atom is -0.396 e. The SMILES string of the molecule is C/C(=N\OCCCc1ccc2ccc3ccc(C)nc3c2n1)c1cccc(C)n1. The Morgan fingerprint density at radius 2 is 1.52 bits per heavy atom. The summed E-state index contributed by atoms with van der Waals surface area (Å²) >= 11 is 0. The maximum atomic E-state index is 5.49. The molecule has 0 amide bonds. The van der Waals surface area contributed by atoms with Crippen molar-refractivity contribution in [3.05, 3.63) is 77.4 Å². The zero-order valence-corrected chi connectivity index (χ0v) is 17.0. The van der Waals surface area contributed by atoms with E-state index >= 15 is 0 Å². The first-order valence-corrected chi connectivity index (χ1v) is 9.87. The second-order valence-electron chi connectivity index (χ2n) is 7.24. The second kappa shape index (κ2) is 8.35. The van der Waals surface area contributed by atoms with Gasteiger partial charge in [-0.2, -0.15) is 0 Å². The Kier molecular flexibility index (Phi) is 5.47. The first kappa shape index (κ1) is 19.0. The van der Waals surface area contributed by atoms with Crippen LogP contribution in [0.3, 0.4) is 0 Å². The molecule has 0 aliphatic carbocycles. The van der Waals surface area contributed by atoms with Gasteiger partial charge in [0.25, 0.3) is 0 Å². The molecular weight excluding hydrogens is 360 g/mol. The zero-order valence-electron chi connectivity index (χ0n) is 17.0. The fraction of sp³-hybridized carbons (Fsp3) is 0.250. The first-order chi connectivity index (χ1) is 14.1. The minimum atomic E-state index is 0.537. The van der Waals surface area contributed by atoms with Crippen molar-refractivity contribution >= 4 is 27.5 Å². The van der Waals surface area contributed by atoms with Crippen LogP contribution in [0.15, 0.2) is 59.8 Å². The number of nitrogens with zero attached hydrogens (tertiary/aromatic N) is 4. The highest BCUT2D eigenvalue weighted by molar-refractivity contribution is 6.02. The Morgan fingerprint density at radius 1 is 0.828 bits per heavy atom. The Labute approximate surface area is 170 Å². The summed E-state index contributed by atoms with van der Waals surface area (Å²) in [5, 5.41) is 6.42. The Bertz CT molecular complexity index is 1200. The molecule has 0 unspecified atom stereocenters. The van der Waals surface area contributed by atoms with Crippen molar-refractivity contribution in [3.63, 3.8) is 0 Å². The van der Waals surface area contributed by atoms with Gasteiger partial charge in [-0.3, -0.25) is 15.0 Å². The van der Waals surface area contributed by atoms with Crippen molar-refractivity contribution in [2.24, 2.45) is 5.16 Å². The summed E-state index contributed by atoms with van der Waals surface area (Å²) < 4.78 is 0. The summed E-state index contributed by atoms with van der Waals surface area (Å²) in [5.74, 6) is 0. The molecule has 0 atom stereocenters. The van der Waals surface area contributed by atoms with Crippen molar-refractivity contribution < 1.29 is 4.84 Å². The van der Waals surface area contributed by atoms with Gasteiger partial charge in [0.05, 0.1) is 16.7 Å². The molecule has 0 saturated carbocycles. The van der Waals surface area contributed by atoms with Crippen LogP contribution in [-0.4, -0.2) is 27.3 Å². The van der Waals surface area contributed by atoms with E-state index in [4.69, 9.17) is 14.8 Å². The van der Waals surface area contributed by atoms with Crippen LogP contribution in [0, 0.1) is 13.8 Å². The molecule has 5 nitrogen and oxygen atoms in total. The highest BCUT2D eigenvalue weighted by Gasteiger charge is 2.06. The van der Waals surface area contributed by atoms with E-state index in [0.717, 1.165) is 63.1 Å². The van der Waals surface area contributed by atoms with Crippen LogP contribution < -0.4 is 0 Å². The highest BCUT2D eigenvalue weighted by atomic mass is 16.6. The molecule has 3 heterocycles. The Morgan fingerprint density at radius 3 is 2.31 bits per heavy atom. The molecule has 146 valence electrons. The van der Waals surface area contributed by atoms with Crippen LogP contribution in [0.5, 0.6) is 0 Å². The molecule has 0 N–H and O–H groups in total. The Hall–Kier alpha value is -3.34. The van der Waals surface area contributed by atoms with Gasteiger partial charge in [-0.15, -0.1) is 0 Å². The fourth-order valence-corrected chi connectivity index (χ4v) is 3.30. The maximum Gasteiger partial charge on any atom is 0.117 e. The lowest BCUT2D eigenvalue weighted by Crippen LogP contribution is -2.02. The van der Waals surface area contributed by atoms with Gasteiger partial charge < -0.3 is 4.84 Å². The van der Waals surface area contributed by atoms with Crippen molar-refractivity contribution in [2.75, 3.05) is 6.61 Å². The third-order valence-corrected chi connectivity index (χ3v) is 4.85. The van der Waals surface area contributed by atoms with E-state index in [-0.39, 0.29) is 0 Å². The van der Waals surface area contributed by atoms with Gasteiger partial charge >= 0.3 is 0 Å². The lowest BCUT2D eigenvalue weighted by atomic mass is 10.1. The molecule has 4 aromatic rings. The molecule has 29 heavy (non-hydrogen) atoms. The van der Waals surface area contributed by atoms with Crippen LogP contribution in [0.2, 0.25) is 0 Å². The fourth-order valence-electron chi connectivity index (χ4n) is 3.30. The van der Waals surface area contributed by atoms with Gasteiger partial charge in [0, 0.05) is 27.9 Å². The maximum absolute atomic E-state index is 5.49. The smallest absolute Gasteiger partial charge is 0.117 e. The summed E-state index contributed by atoms with van der Waals surface area (Å²) in [6, 6.07) is 18.4. The zero-order chi connectivity index (χ0) is 20.2. The van der Waals surface area contributed by atoms with Gasteiger partial charge in [-0.1, -0.05) is 35.5 Å². The van der Waals surface area contributed by atoms with Crippen molar-refractivity contribution in [3.8, 4) is 0 Å². The van der Waals surface area contributed by atoms with E-state index in [1.54, 1.807) is 0 Å². The van der Waals surface area contributed by atoms with Crippen LogP contribution in [0.1, 0.15) is 36.1 Å². The number of rotatable bonds is 6. The number of oxime groups is 1. The molecule has 0 radical (unpaired) electrons. The molecule has 5 heteroatoms. The number of benzene rings is 1. The molecule has 0 bridgehead atoms. The van der Waals surface area contributed by atoms with Crippen molar-refractivity contribution in [2.45, 2.75) is 33.6 Å². The number of fused-ring (bicyclic) bond motifs is 3. The molecule has 0 saturated heterocycles. The molecule has 0 spiro atoms. The number of aromatic nitrogens is 3. The third-order valence-electron chi connectivity index (χ3n) is 4.85. The lowest BCUT2D eigenvalue weighted by Gasteiger charge is -2.07. The van der Waals surface area contributed by atoms with E-state index < -0.39 is 0 Å². The summed E-state index contributed by atoms with van der Waals surface area (Å²) in [7, 11) is 0. The summed E-state index contributed by atoms with van der Waals surface area (Å²) in [5.41, 5.74) is 6.56. The summed E-state index contributed by atoms with van der Waals surface area (Å²) in [4.78, 5) is 19.5. The van der Waals surface area contributed by atoms with E-state index in [9.17, 15) is 0 Å². The minimum absolute atomic E-state index is 0.537. The molecular formula is C24H24N4O. The average Bonchev–Trinajstić information content (AvgIpc) is 2.73. The van der Waals surface area contributed by atoms with Gasteiger partial charge in [-0.05, 0) is 57.9 Å². The molecule has 4 rings (SSSR count). The van der Waals surface area contributed by atoms with Crippen LogP contribution in [0.25, 0.3) is 21.8 Å². The highest BCUT2D eigenvalue weighted by Crippen LogP contribution is 2.23. The third kappa shape index (κ3) is 4.40. The van der Waals surface area contributed by atoms with E-state index in [0.29, 0.717) is 6.61 Å². The predicted molar refractivity (Wildman–Crippen MR) is 117 cm³/mol. The quantitative estimate of drug-likeness (QED) is 0.199. The molecule has 0 fully saturated rings. The Balaban J connectivity index is 1.41. The van der Waals surface area contributed by atoms with Gasteiger partial charge in [0.15, 0.2) is 0 Å². The molecule has 1 aromatic carbocycles. The van der Waals surface area contributed by atoms with Crippen LogP contribution in [-0.2, 0) is 11.3 Å². The molecule has 0 aliphatic rings. The van der Waals surface area contributed by atoms with E-state index in [1.807, 2.05) is 45.0 Å². The number of hydrogen-bond acceptors (Lipinski definition) is 5. The largest absolute Gasteiger partial charge is 0.396 e. The van der Waals surface area contributed by atoms with Gasteiger partial charge in [-0.25, -0.2) is 0 Å². The van der Waals surface area contributed by atoms with Gasteiger partial charge in [0.2, 0.25) is 0 Å². The van der Waals surface area contributed by atoms with E-state index in [2.05, 4.69) is 40.5 Å². The normalized spacial score (nSPS) is 11.9. The topological polar surface area (TPSA) is 60.3 Å². The number of aryl methyl sites for hydroxylation is 3. The number of pyridine rings is 3. The summed E-state index contributed by atoms with van der Waals surface area (Å²) in [6.45, 7) is 6.42. The standard InChI is InChI=1S/C24H24N4O/c1-16-6-4-8-22(25-16)18(3)28-29-15-5-7-21-14-13-20-12-11-19-10-9-17(2)26-23(19)24(20)27-21/h4,6,8-14H,5,7,15H2,1-3H3/b28-18+. The monoisotopic (exact) mass is 384 g/mol. The molecule has 0 aliphatic heterocycles. The summed E-state index contributed by atoms with van der Waals surface area (Å²) in [6.07, 6.45) is 1.67. The molecule has 3 aromatic heterocycles. The first-order valence-electron chi connectivity index (χ1n) is 9.87. The average molecular weight is 384 g/mol. The number of hydrogen-bond donors (Lipinski definition) is 0. The lowest BCUT2D eigenvalue weighted by molar-refractivity contribution is 0.141. The van der Waals surface area contributed by atoms with Crippen molar-refractivity contribution in [1.82, 2.24) is 15.0 Å². The van der Waals surface area contributed by atoms with Crippen LogP contribution >= 0.6 is 0 Å².